The molecule has 0 spiro atoms. The van der Waals surface area contributed by atoms with Crippen molar-refractivity contribution in [3.05, 3.63) is 94.0 Å². The predicted octanol–water partition coefficient (Wildman–Crippen LogP) is 3.93. The van der Waals surface area contributed by atoms with Crippen molar-refractivity contribution >= 4 is 29.1 Å². The average molecular weight is 401 g/mol. The summed E-state index contributed by atoms with van der Waals surface area (Å²) >= 11 is 12.5. The summed E-state index contributed by atoms with van der Waals surface area (Å²) < 4.78 is 0. The van der Waals surface area contributed by atoms with Gasteiger partial charge in [0.15, 0.2) is 0 Å². The molecule has 0 aliphatic rings. The zero-order valence-corrected chi connectivity index (χ0v) is 15.9. The Morgan fingerprint density at radius 2 is 1.48 bits per heavy atom. The highest BCUT2D eigenvalue weighted by Gasteiger charge is 2.23. The first-order valence-corrected chi connectivity index (χ1v) is 9.13. The summed E-state index contributed by atoms with van der Waals surface area (Å²) in [6, 6.07) is 11.9. The minimum atomic E-state index is -0.647. The van der Waals surface area contributed by atoms with E-state index in [2.05, 4.69) is 20.6 Å². The lowest BCUT2D eigenvalue weighted by atomic mass is 10.1. The van der Waals surface area contributed by atoms with Gasteiger partial charge in [-0.2, -0.15) is 0 Å². The van der Waals surface area contributed by atoms with E-state index in [1.807, 2.05) is 24.3 Å². The number of carbonyl (C=O) groups excluding carboxylic acids is 1. The number of carbonyl (C=O) groups is 1. The summed E-state index contributed by atoms with van der Waals surface area (Å²) in [6.45, 7) is 0.881. The molecular weight excluding hydrogens is 383 g/mol. The van der Waals surface area contributed by atoms with Crippen LogP contribution in [0, 0.1) is 0 Å². The molecule has 0 bridgehead atoms. The molecule has 5 nitrogen and oxygen atoms in total. The molecule has 3 aromatic rings. The van der Waals surface area contributed by atoms with E-state index >= 15 is 0 Å². The van der Waals surface area contributed by atoms with Gasteiger partial charge in [-0.25, -0.2) is 0 Å². The van der Waals surface area contributed by atoms with Crippen LogP contribution in [-0.2, 0) is 17.9 Å². The minimum Gasteiger partial charge on any atom is -0.350 e. The molecule has 27 heavy (non-hydrogen) atoms. The number of aromatic nitrogens is 2. The molecule has 0 saturated carbocycles. The summed E-state index contributed by atoms with van der Waals surface area (Å²) in [5.41, 5.74) is 2.60. The summed E-state index contributed by atoms with van der Waals surface area (Å²) in [4.78, 5) is 20.9. The highest BCUT2D eigenvalue weighted by molar-refractivity contribution is 6.33. The van der Waals surface area contributed by atoms with Gasteiger partial charge in [0.05, 0.1) is 0 Å². The average Bonchev–Trinajstić information content (AvgIpc) is 2.70. The first-order valence-electron chi connectivity index (χ1n) is 8.37. The van der Waals surface area contributed by atoms with Crippen molar-refractivity contribution in [2.45, 2.75) is 19.1 Å². The van der Waals surface area contributed by atoms with Crippen LogP contribution in [-0.4, -0.2) is 15.9 Å². The highest BCUT2D eigenvalue weighted by Crippen LogP contribution is 2.27. The van der Waals surface area contributed by atoms with Gasteiger partial charge in [-0.1, -0.05) is 23.2 Å². The number of halogens is 2. The molecule has 0 aliphatic heterocycles. The monoisotopic (exact) mass is 400 g/mol. The zero-order chi connectivity index (χ0) is 19.1. The number of nitrogens with one attached hydrogen (secondary N) is 2. The SMILES string of the molecule is O=C(NCc1ccncc1)C(NCc1ccncc1)c1cc(Cl)ccc1Cl. The Kier molecular flexibility index (Phi) is 6.76. The van der Waals surface area contributed by atoms with E-state index in [-0.39, 0.29) is 5.91 Å². The Morgan fingerprint density at radius 3 is 2.11 bits per heavy atom. The van der Waals surface area contributed by atoms with E-state index in [4.69, 9.17) is 23.2 Å². The molecule has 138 valence electrons. The summed E-state index contributed by atoms with van der Waals surface area (Å²) in [5, 5.41) is 7.20. The Balaban J connectivity index is 1.77. The summed E-state index contributed by atoms with van der Waals surface area (Å²) in [6.07, 6.45) is 6.80. The molecule has 1 amide bonds. The van der Waals surface area contributed by atoms with Crippen molar-refractivity contribution in [3.8, 4) is 0 Å². The van der Waals surface area contributed by atoms with Crippen LogP contribution in [0.4, 0.5) is 0 Å². The van der Waals surface area contributed by atoms with Crippen LogP contribution in [0.3, 0.4) is 0 Å². The molecule has 2 heterocycles. The van der Waals surface area contributed by atoms with E-state index in [0.717, 1.165) is 11.1 Å². The molecule has 0 radical (unpaired) electrons. The van der Waals surface area contributed by atoms with E-state index < -0.39 is 6.04 Å². The largest absolute Gasteiger partial charge is 0.350 e. The number of rotatable bonds is 7. The van der Waals surface area contributed by atoms with Crippen molar-refractivity contribution in [2.24, 2.45) is 0 Å². The van der Waals surface area contributed by atoms with Crippen molar-refractivity contribution in [2.75, 3.05) is 0 Å². The maximum absolute atomic E-state index is 12.9. The van der Waals surface area contributed by atoms with Gasteiger partial charge in [0.1, 0.15) is 6.04 Å². The van der Waals surface area contributed by atoms with Crippen LogP contribution in [0.1, 0.15) is 22.7 Å². The number of benzene rings is 1. The number of nitrogens with zero attached hydrogens (tertiary/aromatic N) is 2. The van der Waals surface area contributed by atoms with Crippen molar-refractivity contribution in [1.82, 2.24) is 20.6 Å². The fraction of sp³-hybridized carbons (Fsp3) is 0.150. The highest BCUT2D eigenvalue weighted by atomic mass is 35.5. The van der Waals surface area contributed by atoms with Crippen molar-refractivity contribution in [1.29, 1.82) is 0 Å². The van der Waals surface area contributed by atoms with E-state index in [1.54, 1.807) is 43.0 Å². The standard InChI is InChI=1S/C20H18Cl2N4O/c21-16-1-2-18(22)17(11-16)19(25-12-14-3-7-23-8-4-14)20(27)26-13-15-5-9-24-10-6-15/h1-11,19,25H,12-13H2,(H,26,27). The maximum atomic E-state index is 12.9. The van der Waals surface area contributed by atoms with Crippen LogP contribution < -0.4 is 10.6 Å². The van der Waals surface area contributed by atoms with Crippen LogP contribution in [0.5, 0.6) is 0 Å². The number of hydrogen-bond acceptors (Lipinski definition) is 4. The second-order valence-corrected chi connectivity index (χ2v) is 6.75. The van der Waals surface area contributed by atoms with Gasteiger partial charge < -0.3 is 5.32 Å². The van der Waals surface area contributed by atoms with Gasteiger partial charge in [-0.3, -0.25) is 20.1 Å². The molecule has 1 unspecified atom stereocenters. The second-order valence-electron chi connectivity index (χ2n) is 5.91. The Labute approximate surface area is 167 Å². The molecule has 1 atom stereocenters. The Hall–Kier alpha value is -2.47. The molecule has 3 rings (SSSR count). The smallest absolute Gasteiger partial charge is 0.242 e. The predicted molar refractivity (Wildman–Crippen MR) is 106 cm³/mol. The van der Waals surface area contributed by atoms with Gasteiger partial charge in [-0.05, 0) is 59.2 Å². The molecule has 2 aromatic heterocycles. The third-order valence-corrected chi connectivity index (χ3v) is 4.59. The fourth-order valence-electron chi connectivity index (χ4n) is 2.59. The van der Waals surface area contributed by atoms with Crippen LogP contribution in [0.15, 0.2) is 67.3 Å². The second kappa shape index (κ2) is 9.46. The van der Waals surface area contributed by atoms with Crippen LogP contribution in [0.25, 0.3) is 0 Å². The first kappa shape index (κ1) is 19.3. The van der Waals surface area contributed by atoms with Crippen LogP contribution in [0.2, 0.25) is 10.0 Å². The molecule has 2 N–H and O–H groups in total. The third-order valence-electron chi connectivity index (χ3n) is 4.01. The quantitative estimate of drug-likeness (QED) is 0.630. The summed E-state index contributed by atoms with van der Waals surface area (Å²) in [7, 11) is 0. The zero-order valence-electron chi connectivity index (χ0n) is 14.4. The van der Waals surface area contributed by atoms with E-state index in [1.165, 1.54) is 0 Å². The van der Waals surface area contributed by atoms with Crippen LogP contribution >= 0.6 is 23.2 Å². The van der Waals surface area contributed by atoms with Gasteiger partial charge in [0.25, 0.3) is 0 Å². The van der Waals surface area contributed by atoms with Gasteiger partial charge in [0.2, 0.25) is 5.91 Å². The van der Waals surface area contributed by atoms with Crippen molar-refractivity contribution < 1.29 is 4.79 Å². The molecule has 7 heteroatoms. The van der Waals surface area contributed by atoms with E-state index in [9.17, 15) is 4.79 Å². The third kappa shape index (κ3) is 5.50. The fourth-order valence-corrected chi connectivity index (χ4v) is 3.00. The lowest BCUT2D eigenvalue weighted by Crippen LogP contribution is -2.37. The van der Waals surface area contributed by atoms with Gasteiger partial charge in [0, 0.05) is 47.9 Å². The topological polar surface area (TPSA) is 66.9 Å². The molecule has 1 aromatic carbocycles. The summed E-state index contributed by atoms with van der Waals surface area (Å²) in [5.74, 6) is -0.190. The normalized spacial score (nSPS) is 11.8. The van der Waals surface area contributed by atoms with Crippen molar-refractivity contribution in [3.63, 3.8) is 0 Å². The minimum absolute atomic E-state index is 0.190. The molecule has 0 saturated heterocycles. The van der Waals surface area contributed by atoms with Gasteiger partial charge >= 0.3 is 0 Å². The van der Waals surface area contributed by atoms with Gasteiger partial charge in [-0.15, -0.1) is 0 Å². The number of pyridine rings is 2. The number of amides is 1. The number of hydrogen-bond donors (Lipinski definition) is 2. The first-order chi connectivity index (χ1) is 13.1. The molecule has 0 fully saturated rings. The maximum Gasteiger partial charge on any atom is 0.242 e. The molecular formula is C20H18Cl2N4O. The Bertz CT molecular complexity index is 891. The lowest BCUT2D eigenvalue weighted by Gasteiger charge is -2.20. The Morgan fingerprint density at radius 1 is 0.889 bits per heavy atom. The van der Waals surface area contributed by atoms with E-state index in [0.29, 0.717) is 28.7 Å². The lowest BCUT2D eigenvalue weighted by molar-refractivity contribution is -0.123. The molecule has 0 aliphatic carbocycles.